The fourth-order valence-electron chi connectivity index (χ4n) is 2.52. The molecule has 1 heterocycles. The van der Waals surface area contributed by atoms with Crippen molar-refractivity contribution < 1.29 is 17.9 Å². The summed E-state index contributed by atoms with van der Waals surface area (Å²) in [5, 5.41) is 0. The Kier molecular flexibility index (Phi) is 5.11. The number of hydrogen-bond acceptors (Lipinski definition) is 4. The molecule has 5 nitrogen and oxygen atoms in total. The molecule has 7 heteroatoms. The Bertz CT molecular complexity index is 600. The maximum Gasteiger partial charge on any atom is 0.232 e. The molecule has 0 N–H and O–H groups in total. The second-order valence-electron chi connectivity index (χ2n) is 5.21. The minimum atomic E-state index is -3.55. The summed E-state index contributed by atoms with van der Waals surface area (Å²) in [5.41, 5.74) is 1.11. The molecule has 1 aromatic rings. The monoisotopic (exact) mass is 331 g/mol. The van der Waals surface area contributed by atoms with Crippen LogP contribution in [0.15, 0.2) is 24.3 Å². The quantitative estimate of drug-likeness (QED) is 0.744. The van der Waals surface area contributed by atoms with Gasteiger partial charge in [-0.1, -0.05) is 12.1 Å². The van der Waals surface area contributed by atoms with E-state index in [4.69, 9.17) is 15.4 Å². The summed E-state index contributed by atoms with van der Waals surface area (Å²) in [5.74, 6) is 0.451. The van der Waals surface area contributed by atoms with E-state index in [2.05, 4.69) is 0 Å². The maximum absolute atomic E-state index is 11.9. The van der Waals surface area contributed by atoms with Gasteiger partial charge in [0.15, 0.2) is 0 Å². The van der Waals surface area contributed by atoms with Gasteiger partial charge in [-0.05, 0) is 24.1 Å². The summed E-state index contributed by atoms with van der Waals surface area (Å²) in [4.78, 5) is 13.6. The van der Waals surface area contributed by atoms with Crippen LogP contribution in [0.25, 0.3) is 0 Å². The van der Waals surface area contributed by atoms with Crippen molar-refractivity contribution in [2.45, 2.75) is 12.8 Å². The number of benzene rings is 1. The van der Waals surface area contributed by atoms with Gasteiger partial charge >= 0.3 is 0 Å². The van der Waals surface area contributed by atoms with E-state index in [-0.39, 0.29) is 24.0 Å². The fourth-order valence-corrected chi connectivity index (χ4v) is 3.84. The summed E-state index contributed by atoms with van der Waals surface area (Å²) < 4.78 is 27.2. The zero-order valence-electron chi connectivity index (χ0n) is 11.8. The average molecular weight is 332 g/mol. The number of carbonyl (C=O) groups is 1. The molecule has 0 saturated carbocycles. The number of nitrogens with zero attached hydrogens (tertiary/aromatic N) is 1. The highest BCUT2D eigenvalue weighted by Gasteiger charge is 2.31. The van der Waals surface area contributed by atoms with Crippen LogP contribution in [0.2, 0.25) is 0 Å². The Labute approximate surface area is 129 Å². The molecule has 1 saturated heterocycles. The van der Waals surface area contributed by atoms with Gasteiger partial charge in [0.1, 0.15) is 5.75 Å². The highest BCUT2D eigenvalue weighted by molar-refractivity contribution is 8.13. The minimum absolute atomic E-state index is 0.00571. The summed E-state index contributed by atoms with van der Waals surface area (Å²) in [7, 11) is 3.30. The van der Waals surface area contributed by atoms with Crippen LogP contribution in [-0.4, -0.2) is 45.2 Å². The van der Waals surface area contributed by atoms with E-state index in [1.54, 1.807) is 12.0 Å². The summed E-state index contributed by atoms with van der Waals surface area (Å²) in [6, 6.07) is 7.67. The zero-order valence-corrected chi connectivity index (χ0v) is 13.4. The summed E-state index contributed by atoms with van der Waals surface area (Å²) >= 11 is 0. The van der Waals surface area contributed by atoms with Gasteiger partial charge in [-0.2, -0.15) is 0 Å². The van der Waals surface area contributed by atoms with Crippen molar-refractivity contribution in [2.24, 2.45) is 5.92 Å². The van der Waals surface area contributed by atoms with Crippen LogP contribution in [0.1, 0.15) is 12.0 Å². The molecule has 1 fully saturated rings. The number of amides is 1. The lowest BCUT2D eigenvalue weighted by Gasteiger charge is -2.16. The Morgan fingerprint density at radius 2 is 2.00 bits per heavy atom. The molecular formula is C14H18ClNO4S. The first kappa shape index (κ1) is 16.1. The second-order valence-corrected chi connectivity index (χ2v) is 8.04. The molecule has 1 unspecified atom stereocenters. The van der Waals surface area contributed by atoms with Gasteiger partial charge in [0.25, 0.3) is 0 Å². The third-order valence-corrected chi connectivity index (χ3v) is 4.81. The number of hydrogen-bond donors (Lipinski definition) is 0. The molecule has 0 aliphatic carbocycles. The molecule has 1 atom stereocenters. The van der Waals surface area contributed by atoms with Crippen molar-refractivity contribution in [3.8, 4) is 5.75 Å². The third kappa shape index (κ3) is 4.89. The highest BCUT2D eigenvalue weighted by Crippen LogP contribution is 2.21. The number of halogens is 1. The van der Waals surface area contributed by atoms with Crippen molar-refractivity contribution >= 4 is 25.6 Å². The van der Waals surface area contributed by atoms with Crippen LogP contribution < -0.4 is 4.74 Å². The molecule has 0 aromatic heterocycles. The van der Waals surface area contributed by atoms with Crippen LogP contribution >= 0.6 is 10.7 Å². The average Bonchev–Trinajstić information content (AvgIpc) is 2.74. The highest BCUT2D eigenvalue weighted by atomic mass is 35.7. The first-order valence-corrected chi connectivity index (χ1v) is 9.18. The van der Waals surface area contributed by atoms with Gasteiger partial charge in [-0.15, -0.1) is 0 Å². The first-order valence-electron chi connectivity index (χ1n) is 6.70. The number of methoxy groups -OCH3 is 1. The van der Waals surface area contributed by atoms with Crippen LogP contribution in [0.5, 0.6) is 5.75 Å². The molecule has 116 valence electrons. The normalized spacial score (nSPS) is 19.0. The smallest absolute Gasteiger partial charge is 0.232 e. The molecule has 2 rings (SSSR count). The van der Waals surface area contributed by atoms with Gasteiger partial charge < -0.3 is 9.64 Å². The number of likely N-dealkylation sites (tertiary alicyclic amines) is 1. The molecule has 1 amide bonds. The lowest BCUT2D eigenvalue weighted by Crippen LogP contribution is -2.28. The standard InChI is InChI=1S/C14H18ClNO4S/c1-20-13-4-2-11(3-5-13)6-7-16-9-12(8-14(16)17)10-21(15,18)19/h2-5,12H,6-10H2,1H3. The van der Waals surface area contributed by atoms with E-state index in [0.717, 1.165) is 17.7 Å². The lowest BCUT2D eigenvalue weighted by atomic mass is 10.1. The summed E-state index contributed by atoms with van der Waals surface area (Å²) in [6.45, 7) is 1.05. The predicted molar refractivity (Wildman–Crippen MR) is 81.0 cm³/mol. The minimum Gasteiger partial charge on any atom is -0.497 e. The van der Waals surface area contributed by atoms with Gasteiger partial charge in [-0.25, -0.2) is 8.42 Å². The molecule has 0 bridgehead atoms. The van der Waals surface area contributed by atoms with Crippen LogP contribution in [0.4, 0.5) is 0 Å². The third-order valence-electron chi connectivity index (χ3n) is 3.56. The SMILES string of the molecule is COc1ccc(CCN2CC(CS(=O)(=O)Cl)CC2=O)cc1. The largest absolute Gasteiger partial charge is 0.497 e. The number of rotatable bonds is 6. The molecule has 21 heavy (non-hydrogen) atoms. The Hall–Kier alpha value is -1.27. The van der Waals surface area contributed by atoms with E-state index in [0.29, 0.717) is 13.1 Å². The molecular weight excluding hydrogens is 314 g/mol. The molecule has 1 aliphatic heterocycles. The van der Waals surface area contributed by atoms with E-state index < -0.39 is 9.05 Å². The fraction of sp³-hybridized carbons (Fsp3) is 0.500. The van der Waals surface area contributed by atoms with E-state index >= 15 is 0 Å². The number of ether oxygens (including phenoxy) is 1. The van der Waals surface area contributed by atoms with Crippen molar-refractivity contribution in [2.75, 3.05) is 26.0 Å². The van der Waals surface area contributed by atoms with E-state index in [9.17, 15) is 13.2 Å². The second kappa shape index (κ2) is 6.66. The lowest BCUT2D eigenvalue weighted by molar-refractivity contribution is -0.127. The van der Waals surface area contributed by atoms with Crippen molar-refractivity contribution in [3.05, 3.63) is 29.8 Å². The molecule has 0 spiro atoms. The molecule has 1 aromatic carbocycles. The van der Waals surface area contributed by atoms with Gasteiger partial charge in [0.2, 0.25) is 15.0 Å². The topological polar surface area (TPSA) is 63.7 Å². The van der Waals surface area contributed by atoms with E-state index in [1.807, 2.05) is 24.3 Å². The molecule has 1 aliphatic rings. The van der Waals surface area contributed by atoms with Gasteiger partial charge in [-0.3, -0.25) is 4.79 Å². The predicted octanol–water partition coefficient (Wildman–Crippen LogP) is 1.65. The van der Waals surface area contributed by atoms with Crippen LogP contribution in [-0.2, 0) is 20.3 Å². The first-order chi connectivity index (χ1) is 9.87. The Morgan fingerprint density at radius 3 is 2.57 bits per heavy atom. The van der Waals surface area contributed by atoms with E-state index in [1.165, 1.54) is 0 Å². The Balaban J connectivity index is 1.87. The van der Waals surface area contributed by atoms with Crippen molar-refractivity contribution in [1.29, 1.82) is 0 Å². The molecule has 0 radical (unpaired) electrons. The van der Waals surface area contributed by atoms with Crippen LogP contribution in [0.3, 0.4) is 0 Å². The Morgan fingerprint density at radius 1 is 1.33 bits per heavy atom. The maximum atomic E-state index is 11.9. The summed E-state index contributed by atoms with van der Waals surface area (Å²) in [6.07, 6.45) is 0.991. The zero-order chi connectivity index (χ0) is 15.5. The van der Waals surface area contributed by atoms with Crippen molar-refractivity contribution in [1.82, 2.24) is 4.90 Å². The van der Waals surface area contributed by atoms with Gasteiger partial charge in [0, 0.05) is 36.1 Å². The van der Waals surface area contributed by atoms with Gasteiger partial charge in [0.05, 0.1) is 12.9 Å². The number of carbonyl (C=O) groups excluding carboxylic acids is 1. The van der Waals surface area contributed by atoms with Crippen molar-refractivity contribution in [3.63, 3.8) is 0 Å². The van der Waals surface area contributed by atoms with Crippen LogP contribution in [0, 0.1) is 5.92 Å².